The number of ether oxygens (including phenoxy) is 1. The Hall–Kier alpha value is -0.800. The van der Waals surface area contributed by atoms with Crippen molar-refractivity contribution < 1.29 is 9.15 Å². The van der Waals surface area contributed by atoms with Crippen LogP contribution in [0.25, 0.3) is 0 Å². The molecule has 1 N–H and O–H groups in total. The Labute approximate surface area is 91.8 Å². The second kappa shape index (κ2) is 5.93. The first-order valence-corrected chi connectivity index (χ1v) is 5.36. The van der Waals surface area contributed by atoms with Crippen LogP contribution in [0.3, 0.4) is 0 Å². The highest BCUT2D eigenvalue weighted by Crippen LogP contribution is 2.20. The summed E-state index contributed by atoms with van der Waals surface area (Å²) in [6, 6.07) is 3.96. The van der Waals surface area contributed by atoms with Gasteiger partial charge in [0.25, 0.3) is 0 Å². The molecule has 1 rings (SSSR count). The molecular formula is C12H21NO2. The minimum absolute atomic E-state index is 0.214. The zero-order chi connectivity index (χ0) is 11.1. The third-order valence-electron chi connectivity index (χ3n) is 2.32. The minimum atomic E-state index is 0.214. The molecule has 1 heterocycles. The van der Waals surface area contributed by atoms with Gasteiger partial charge in [0, 0.05) is 26.6 Å². The van der Waals surface area contributed by atoms with E-state index < -0.39 is 0 Å². The van der Waals surface area contributed by atoms with Crippen molar-refractivity contribution in [2.24, 2.45) is 5.41 Å². The van der Waals surface area contributed by atoms with E-state index in [1.54, 1.807) is 13.4 Å². The molecule has 0 radical (unpaired) electrons. The van der Waals surface area contributed by atoms with Crippen LogP contribution in [0.15, 0.2) is 22.8 Å². The average Bonchev–Trinajstić information content (AvgIpc) is 2.64. The van der Waals surface area contributed by atoms with E-state index in [0.29, 0.717) is 0 Å². The van der Waals surface area contributed by atoms with Crippen LogP contribution in [0.2, 0.25) is 0 Å². The van der Waals surface area contributed by atoms with Crippen molar-refractivity contribution in [3.05, 3.63) is 24.2 Å². The van der Waals surface area contributed by atoms with Gasteiger partial charge in [-0.15, -0.1) is 0 Å². The predicted octanol–water partition coefficient (Wildman–Crippen LogP) is 2.08. The Morgan fingerprint density at radius 3 is 2.87 bits per heavy atom. The van der Waals surface area contributed by atoms with Gasteiger partial charge in [-0.3, -0.25) is 0 Å². The summed E-state index contributed by atoms with van der Waals surface area (Å²) in [5.74, 6) is 1.05. The van der Waals surface area contributed by atoms with E-state index in [1.165, 1.54) is 0 Å². The summed E-state index contributed by atoms with van der Waals surface area (Å²) in [5.41, 5.74) is 0.214. The maximum atomic E-state index is 5.34. The van der Waals surface area contributed by atoms with Crippen LogP contribution in [-0.2, 0) is 11.2 Å². The van der Waals surface area contributed by atoms with Crippen molar-refractivity contribution >= 4 is 0 Å². The predicted molar refractivity (Wildman–Crippen MR) is 60.9 cm³/mol. The zero-order valence-electron chi connectivity index (χ0n) is 9.88. The Bertz CT molecular complexity index is 255. The van der Waals surface area contributed by atoms with Crippen LogP contribution in [0.1, 0.15) is 19.6 Å². The van der Waals surface area contributed by atoms with E-state index in [1.807, 2.05) is 12.1 Å². The molecule has 0 fully saturated rings. The first-order chi connectivity index (χ1) is 7.14. The fourth-order valence-electron chi connectivity index (χ4n) is 1.55. The van der Waals surface area contributed by atoms with Crippen molar-refractivity contribution in [1.29, 1.82) is 0 Å². The number of methoxy groups -OCH3 is 1. The Balaban J connectivity index is 2.25. The number of nitrogens with one attached hydrogen (secondary N) is 1. The Kier molecular flexibility index (Phi) is 4.85. The molecule has 86 valence electrons. The van der Waals surface area contributed by atoms with Gasteiger partial charge in [-0.05, 0) is 17.5 Å². The molecule has 3 nitrogen and oxygen atoms in total. The molecule has 1 aromatic heterocycles. The van der Waals surface area contributed by atoms with Crippen molar-refractivity contribution in [3.63, 3.8) is 0 Å². The summed E-state index contributed by atoms with van der Waals surface area (Å²) in [6.07, 6.45) is 2.68. The van der Waals surface area contributed by atoms with Crippen molar-refractivity contribution in [2.75, 3.05) is 26.8 Å². The van der Waals surface area contributed by atoms with Gasteiger partial charge in [0.15, 0.2) is 0 Å². The van der Waals surface area contributed by atoms with Gasteiger partial charge in [-0.25, -0.2) is 0 Å². The molecule has 0 bridgehead atoms. The summed E-state index contributed by atoms with van der Waals surface area (Å²) < 4.78 is 10.3. The molecule has 0 aliphatic carbocycles. The lowest BCUT2D eigenvalue weighted by Crippen LogP contribution is -2.32. The summed E-state index contributed by atoms with van der Waals surface area (Å²) in [5, 5.41) is 3.37. The summed E-state index contributed by atoms with van der Waals surface area (Å²) in [6.45, 7) is 7.09. The normalized spacial score (nSPS) is 11.9. The second-order valence-corrected chi connectivity index (χ2v) is 4.59. The Morgan fingerprint density at radius 2 is 2.27 bits per heavy atom. The van der Waals surface area contributed by atoms with E-state index >= 15 is 0 Å². The molecule has 1 aromatic rings. The van der Waals surface area contributed by atoms with Crippen LogP contribution < -0.4 is 5.32 Å². The topological polar surface area (TPSA) is 34.4 Å². The molecule has 0 amide bonds. The number of hydrogen-bond donors (Lipinski definition) is 1. The smallest absolute Gasteiger partial charge is 0.104 e. The van der Waals surface area contributed by atoms with Gasteiger partial charge in [-0.1, -0.05) is 13.8 Å². The number of furan rings is 1. The fraction of sp³-hybridized carbons (Fsp3) is 0.667. The van der Waals surface area contributed by atoms with Gasteiger partial charge >= 0.3 is 0 Å². The molecule has 0 aliphatic rings. The maximum Gasteiger partial charge on any atom is 0.104 e. The van der Waals surface area contributed by atoms with E-state index in [9.17, 15) is 0 Å². The van der Waals surface area contributed by atoms with Crippen molar-refractivity contribution in [2.45, 2.75) is 20.3 Å². The summed E-state index contributed by atoms with van der Waals surface area (Å²) >= 11 is 0. The monoisotopic (exact) mass is 211 g/mol. The number of rotatable bonds is 7. The highest BCUT2D eigenvalue weighted by Gasteiger charge is 2.19. The molecule has 3 heteroatoms. The van der Waals surface area contributed by atoms with Crippen LogP contribution in [-0.4, -0.2) is 26.8 Å². The average molecular weight is 211 g/mol. The standard InChI is InChI=1S/C12H21NO2/c1-12(2,10-13-6-8-14-3)9-11-5-4-7-15-11/h4-5,7,13H,6,8-10H2,1-3H3. The first kappa shape index (κ1) is 12.3. The quantitative estimate of drug-likeness (QED) is 0.701. The van der Waals surface area contributed by atoms with Crippen LogP contribution >= 0.6 is 0 Å². The summed E-state index contributed by atoms with van der Waals surface area (Å²) in [4.78, 5) is 0. The van der Waals surface area contributed by atoms with Gasteiger partial charge in [0.05, 0.1) is 12.9 Å². The summed E-state index contributed by atoms with van der Waals surface area (Å²) in [7, 11) is 1.72. The van der Waals surface area contributed by atoms with Crippen LogP contribution in [0.5, 0.6) is 0 Å². The van der Waals surface area contributed by atoms with E-state index in [-0.39, 0.29) is 5.41 Å². The first-order valence-electron chi connectivity index (χ1n) is 5.36. The van der Waals surface area contributed by atoms with E-state index in [4.69, 9.17) is 9.15 Å². The largest absolute Gasteiger partial charge is 0.469 e. The molecule has 0 saturated heterocycles. The lowest BCUT2D eigenvalue weighted by molar-refractivity contribution is 0.193. The molecule has 0 aromatic carbocycles. The molecular weight excluding hydrogens is 190 g/mol. The minimum Gasteiger partial charge on any atom is -0.469 e. The lowest BCUT2D eigenvalue weighted by Gasteiger charge is -2.23. The fourth-order valence-corrected chi connectivity index (χ4v) is 1.55. The van der Waals surface area contributed by atoms with Gasteiger partial charge in [-0.2, -0.15) is 0 Å². The van der Waals surface area contributed by atoms with E-state index in [2.05, 4.69) is 19.2 Å². The third kappa shape index (κ3) is 5.00. The molecule has 0 atom stereocenters. The third-order valence-corrected chi connectivity index (χ3v) is 2.32. The number of hydrogen-bond acceptors (Lipinski definition) is 3. The highest BCUT2D eigenvalue weighted by molar-refractivity contribution is 5.01. The van der Waals surface area contributed by atoms with Gasteiger partial charge < -0.3 is 14.5 Å². The maximum absolute atomic E-state index is 5.34. The van der Waals surface area contributed by atoms with Crippen LogP contribution in [0.4, 0.5) is 0 Å². The SMILES string of the molecule is COCCNCC(C)(C)Cc1ccco1. The molecule has 0 aliphatic heterocycles. The lowest BCUT2D eigenvalue weighted by atomic mass is 9.88. The van der Waals surface area contributed by atoms with Crippen molar-refractivity contribution in [3.8, 4) is 0 Å². The molecule has 0 unspecified atom stereocenters. The second-order valence-electron chi connectivity index (χ2n) is 4.59. The van der Waals surface area contributed by atoms with Crippen molar-refractivity contribution in [1.82, 2.24) is 5.32 Å². The van der Waals surface area contributed by atoms with Gasteiger partial charge in [0.1, 0.15) is 5.76 Å². The van der Waals surface area contributed by atoms with Crippen LogP contribution in [0, 0.1) is 5.41 Å². The highest BCUT2D eigenvalue weighted by atomic mass is 16.5. The zero-order valence-corrected chi connectivity index (χ0v) is 9.88. The molecule has 15 heavy (non-hydrogen) atoms. The molecule has 0 saturated carbocycles. The molecule has 0 spiro atoms. The van der Waals surface area contributed by atoms with E-state index in [0.717, 1.165) is 31.9 Å². The van der Waals surface area contributed by atoms with Gasteiger partial charge in [0.2, 0.25) is 0 Å². The Morgan fingerprint density at radius 1 is 1.47 bits per heavy atom.